The molecule has 0 radical (unpaired) electrons. The number of fused-ring (bicyclic) bond motifs is 1. The summed E-state index contributed by atoms with van der Waals surface area (Å²) in [7, 11) is 1.71. The molecular formula is C10H11NOSe. The Morgan fingerprint density at radius 3 is 2.77 bits per heavy atom. The zero-order chi connectivity index (χ0) is 9.42. The molecule has 0 fully saturated rings. The number of hydrogen-bond acceptors (Lipinski definition) is 2. The zero-order valence-corrected chi connectivity index (χ0v) is 9.63. The fraction of sp³-hybridized carbons (Fsp3) is 0.300. The number of nitrogens with zero attached hydrogens (tertiary/aromatic N) is 1. The van der Waals surface area contributed by atoms with Gasteiger partial charge in [0.15, 0.2) is 0 Å². The summed E-state index contributed by atoms with van der Waals surface area (Å²) in [6.07, 6.45) is 0. The third-order valence-electron chi connectivity index (χ3n) is 2.01. The molecule has 0 aliphatic carbocycles. The molecule has 2 aromatic rings. The SMILES string of the molecule is COc1cc2[se]c(C)nc2cc1C. The van der Waals surface area contributed by atoms with Crippen molar-refractivity contribution < 1.29 is 4.74 Å². The van der Waals surface area contributed by atoms with Crippen LogP contribution >= 0.6 is 0 Å². The van der Waals surface area contributed by atoms with Gasteiger partial charge in [-0.3, -0.25) is 0 Å². The van der Waals surface area contributed by atoms with Crippen molar-refractivity contribution >= 4 is 24.3 Å². The molecule has 0 amide bonds. The molecule has 1 aromatic carbocycles. The summed E-state index contributed by atoms with van der Waals surface area (Å²) in [4.78, 5) is 4.48. The first-order valence-electron chi connectivity index (χ1n) is 4.12. The molecule has 0 atom stereocenters. The summed E-state index contributed by atoms with van der Waals surface area (Å²) < 4.78 is 7.85. The van der Waals surface area contributed by atoms with Crippen molar-refractivity contribution in [3.05, 3.63) is 22.3 Å². The molecule has 0 spiro atoms. The maximum absolute atomic E-state index is 5.26. The Kier molecular flexibility index (Phi) is 2.14. The van der Waals surface area contributed by atoms with Gasteiger partial charge >= 0.3 is 83.0 Å². The molecule has 1 heterocycles. The maximum atomic E-state index is 5.26. The van der Waals surface area contributed by atoms with Gasteiger partial charge in [-0.05, 0) is 0 Å². The van der Waals surface area contributed by atoms with Gasteiger partial charge in [-0.25, -0.2) is 0 Å². The number of benzene rings is 1. The van der Waals surface area contributed by atoms with E-state index < -0.39 is 0 Å². The molecule has 2 rings (SSSR count). The van der Waals surface area contributed by atoms with Crippen LogP contribution in [0, 0.1) is 13.8 Å². The minimum absolute atomic E-state index is 0.413. The van der Waals surface area contributed by atoms with Crippen LogP contribution in [0.4, 0.5) is 0 Å². The van der Waals surface area contributed by atoms with Crippen LogP contribution in [-0.2, 0) is 0 Å². The van der Waals surface area contributed by atoms with Crippen molar-refractivity contribution in [3.8, 4) is 5.75 Å². The fourth-order valence-corrected chi connectivity index (χ4v) is 3.15. The van der Waals surface area contributed by atoms with Crippen molar-refractivity contribution in [2.45, 2.75) is 13.8 Å². The summed E-state index contributed by atoms with van der Waals surface area (Å²) in [5, 5.41) is 0. The fourth-order valence-electron chi connectivity index (χ4n) is 1.39. The van der Waals surface area contributed by atoms with Crippen molar-refractivity contribution in [2.75, 3.05) is 7.11 Å². The van der Waals surface area contributed by atoms with E-state index in [1.54, 1.807) is 7.11 Å². The Morgan fingerprint density at radius 1 is 1.31 bits per heavy atom. The van der Waals surface area contributed by atoms with Crippen LogP contribution in [0.15, 0.2) is 12.1 Å². The van der Waals surface area contributed by atoms with Crippen LogP contribution in [0.3, 0.4) is 0 Å². The molecule has 0 saturated heterocycles. The van der Waals surface area contributed by atoms with Gasteiger partial charge in [0.25, 0.3) is 0 Å². The molecule has 0 N–H and O–H groups in total. The van der Waals surface area contributed by atoms with Gasteiger partial charge in [-0.15, -0.1) is 0 Å². The molecule has 0 saturated carbocycles. The number of rotatable bonds is 1. The van der Waals surface area contributed by atoms with E-state index in [0.29, 0.717) is 14.5 Å². The summed E-state index contributed by atoms with van der Waals surface area (Å²) >= 11 is 0.413. The first kappa shape index (κ1) is 8.79. The minimum atomic E-state index is 0.413. The normalized spacial score (nSPS) is 10.7. The van der Waals surface area contributed by atoms with Crippen LogP contribution < -0.4 is 4.74 Å². The van der Waals surface area contributed by atoms with Crippen molar-refractivity contribution in [1.29, 1.82) is 0 Å². The third kappa shape index (κ3) is 1.50. The molecule has 0 aliphatic rings. The molecule has 0 bridgehead atoms. The van der Waals surface area contributed by atoms with Crippen molar-refractivity contribution in [1.82, 2.24) is 4.98 Å². The Hall–Kier alpha value is -0.791. The molecule has 0 unspecified atom stereocenters. The van der Waals surface area contributed by atoms with Gasteiger partial charge in [0.1, 0.15) is 0 Å². The molecule has 1 aromatic heterocycles. The van der Waals surface area contributed by atoms with Gasteiger partial charge in [0.05, 0.1) is 0 Å². The molecule has 0 aliphatic heterocycles. The van der Waals surface area contributed by atoms with E-state index in [0.717, 1.165) is 16.8 Å². The molecule has 3 heteroatoms. The molecule has 68 valence electrons. The molecule has 13 heavy (non-hydrogen) atoms. The second-order valence-electron chi connectivity index (χ2n) is 3.02. The van der Waals surface area contributed by atoms with Crippen LogP contribution in [0.2, 0.25) is 0 Å². The Labute approximate surface area is 83.3 Å². The Morgan fingerprint density at radius 2 is 2.08 bits per heavy atom. The standard InChI is InChI=1S/C10H11NOSe/c1-6-4-8-10(5-9(6)12-3)13-7(2)11-8/h4-5H,1-3H3. The van der Waals surface area contributed by atoms with E-state index in [1.807, 2.05) is 0 Å². The summed E-state index contributed by atoms with van der Waals surface area (Å²) in [6.45, 7) is 4.14. The topological polar surface area (TPSA) is 22.1 Å². The van der Waals surface area contributed by atoms with Gasteiger partial charge in [-0.2, -0.15) is 0 Å². The van der Waals surface area contributed by atoms with E-state index >= 15 is 0 Å². The van der Waals surface area contributed by atoms with E-state index in [9.17, 15) is 0 Å². The van der Waals surface area contributed by atoms with Gasteiger partial charge in [0.2, 0.25) is 0 Å². The average molecular weight is 240 g/mol. The van der Waals surface area contributed by atoms with Crippen LogP contribution in [0.25, 0.3) is 9.78 Å². The quantitative estimate of drug-likeness (QED) is 0.710. The van der Waals surface area contributed by atoms with Gasteiger partial charge in [-0.1, -0.05) is 0 Å². The van der Waals surface area contributed by atoms with Gasteiger partial charge in [0, 0.05) is 0 Å². The third-order valence-corrected chi connectivity index (χ3v) is 3.97. The van der Waals surface area contributed by atoms with E-state index in [-0.39, 0.29) is 0 Å². The van der Waals surface area contributed by atoms with Crippen LogP contribution in [0.1, 0.15) is 10.1 Å². The summed E-state index contributed by atoms with van der Waals surface area (Å²) in [5.41, 5.74) is 2.30. The predicted molar refractivity (Wildman–Crippen MR) is 54.7 cm³/mol. The van der Waals surface area contributed by atoms with Gasteiger partial charge < -0.3 is 0 Å². The van der Waals surface area contributed by atoms with Crippen molar-refractivity contribution in [3.63, 3.8) is 0 Å². The summed E-state index contributed by atoms with van der Waals surface area (Å²) in [6, 6.07) is 4.22. The second kappa shape index (κ2) is 3.17. The average Bonchev–Trinajstić information content (AvgIpc) is 2.42. The van der Waals surface area contributed by atoms with Crippen molar-refractivity contribution in [2.24, 2.45) is 0 Å². The van der Waals surface area contributed by atoms with E-state index in [1.165, 1.54) is 8.83 Å². The summed E-state index contributed by atoms with van der Waals surface area (Å²) in [5.74, 6) is 0.977. The number of aromatic nitrogens is 1. The zero-order valence-electron chi connectivity index (χ0n) is 7.92. The molecular weight excluding hydrogens is 229 g/mol. The number of methoxy groups -OCH3 is 1. The van der Waals surface area contributed by atoms with Crippen LogP contribution in [-0.4, -0.2) is 26.6 Å². The number of hydrogen-bond donors (Lipinski definition) is 0. The van der Waals surface area contributed by atoms with E-state index in [4.69, 9.17) is 4.74 Å². The number of aryl methyl sites for hydroxylation is 2. The second-order valence-corrected chi connectivity index (χ2v) is 5.61. The first-order valence-corrected chi connectivity index (χ1v) is 5.84. The molecule has 2 nitrogen and oxygen atoms in total. The predicted octanol–water partition coefficient (Wildman–Crippen LogP) is 1.92. The number of ether oxygens (including phenoxy) is 1. The van der Waals surface area contributed by atoms with E-state index in [2.05, 4.69) is 31.0 Å². The Balaban J connectivity index is 2.72. The Bertz CT molecular complexity index is 447. The van der Waals surface area contributed by atoms with Crippen LogP contribution in [0.5, 0.6) is 5.75 Å². The first-order chi connectivity index (χ1) is 6.20. The monoisotopic (exact) mass is 241 g/mol.